The molecule has 0 saturated heterocycles. The first-order valence-electron chi connectivity index (χ1n) is 5.37. The van der Waals surface area contributed by atoms with E-state index in [-0.39, 0.29) is 22.9 Å². The predicted octanol–water partition coefficient (Wildman–Crippen LogP) is 4.07. The van der Waals surface area contributed by atoms with Crippen molar-refractivity contribution in [3.8, 4) is 11.8 Å². The zero-order valence-corrected chi connectivity index (χ0v) is 10.4. The Morgan fingerprint density at radius 1 is 1.16 bits per heavy atom. The molecule has 0 aliphatic heterocycles. The molecule has 96 valence electrons. The maximum absolute atomic E-state index is 13.5. The normalized spacial score (nSPS) is 10.0. The van der Waals surface area contributed by atoms with Gasteiger partial charge in [-0.05, 0) is 30.3 Å². The van der Waals surface area contributed by atoms with Gasteiger partial charge in [-0.1, -0.05) is 17.7 Å². The lowest BCUT2D eigenvalue weighted by molar-refractivity contribution is 0.285. The molecule has 0 amide bonds. The molecule has 2 rings (SSSR count). The van der Waals surface area contributed by atoms with Gasteiger partial charge in [0.2, 0.25) is 0 Å². The number of nitrogens with zero attached hydrogens (tertiary/aromatic N) is 1. The summed E-state index contributed by atoms with van der Waals surface area (Å²) in [6.07, 6.45) is 0. The minimum atomic E-state index is -0.621. The summed E-state index contributed by atoms with van der Waals surface area (Å²) in [6, 6.07) is 9.89. The van der Waals surface area contributed by atoms with Crippen molar-refractivity contribution >= 4 is 11.6 Å². The number of hydrogen-bond acceptors (Lipinski definition) is 2. The van der Waals surface area contributed by atoms with Crippen molar-refractivity contribution in [1.29, 1.82) is 5.26 Å². The summed E-state index contributed by atoms with van der Waals surface area (Å²) in [6.45, 7) is -0.206. The molecule has 0 bridgehead atoms. The van der Waals surface area contributed by atoms with Crippen LogP contribution in [0.4, 0.5) is 8.78 Å². The van der Waals surface area contributed by atoms with Crippen molar-refractivity contribution in [2.45, 2.75) is 6.61 Å². The molecule has 0 aliphatic carbocycles. The highest BCUT2D eigenvalue weighted by Crippen LogP contribution is 2.28. The van der Waals surface area contributed by atoms with E-state index in [1.54, 1.807) is 0 Å². The molecule has 0 aromatic heterocycles. The SMILES string of the molecule is N#Cc1ccc(F)c(COc2c(F)cccc2Cl)c1. The summed E-state index contributed by atoms with van der Waals surface area (Å²) >= 11 is 5.78. The average Bonchev–Trinajstić information content (AvgIpc) is 2.40. The second-order valence-electron chi connectivity index (χ2n) is 3.76. The van der Waals surface area contributed by atoms with Gasteiger partial charge >= 0.3 is 0 Å². The van der Waals surface area contributed by atoms with Crippen LogP contribution in [0.5, 0.6) is 5.75 Å². The Labute approximate surface area is 113 Å². The zero-order chi connectivity index (χ0) is 13.8. The Kier molecular flexibility index (Phi) is 3.98. The van der Waals surface area contributed by atoms with Crippen LogP contribution in [0.25, 0.3) is 0 Å². The van der Waals surface area contributed by atoms with Gasteiger partial charge in [0.15, 0.2) is 11.6 Å². The largest absolute Gasteiger partial charge is 0.484 e. The Morgan fingerprint density at radius 3 is 2.63 bits per heavy atom. The highest BCUT2D eigenvalue weighted by atomic mass is 35.5. The Hall–Kier alpha value is -2.12. The molecule has 0 fully saturated rings. The van der Waals surface area contributed by atoms with Gasteiger partial charge in [0.25, 0.3) is 0 Å². The number of benzene rings is 2. The van der Waals surface area contributed by atoms with Crippen LogP contribution in [0.15, 0.2) is 36.4 Å². The molecule has 0 spiro atoms. The molecule has 0 heterocycles. The zero-order valence-electron chi connectivity index (χ0n) is 9.66. The van der Waals surface area contributed by atoms with E-state index in [2.05, 4.69) is 0 Å². The second-order valence-corrected chi connectivity index (χ2v) is 4.16. The van der Waals surface area contributed by atoms with Crippen molar-refractivity contribution in [2.24, 2.45) is 0 Å². The quantitative estimate of drug-likeness (QED) is 0.848. The monoisotopic (exact) mass is 279 g/mol. The molecular weight excluding hydrogens is 272 g/mol. The fourth-order valence-electron chi connectivity index (χ4n) is 1.53. The first kappa shape index (κ1) is 13.3. The Balaban J connectivity index is 2.22. The highest BCUT2D eigenvalue weighted by Gasteiger charge is 2.10. The summed E-state index contributed by atoms with van der Waals surface area (Å²) in [5, 5.41) is 8.84. The molecule has 0 saturated carbocycles. The smallest absolute Gasteiger partial charge is 0.174 e. The second kappa shape index (κ2) is 5.68. The molecule has 0 atom stereocenters. The van der Waals surface area contributed by atoms with Gasteiger partial charge in [0.1, 0.15) is 12.4 Å². The van der Waals surface area contributed by atoms with Crippen molar-refractivity contribution in [3.05, 3.63) is 64.2 Å². The van der Waals surface area contributed by atoms with Crippen LogP contribution in [0.1, 0.15) is 11.1 Å². The topological polar surface area (TPSA) is 33.0 Å². The van der Waals surface area contributed by atoms with Crippen LogP contribution < -0.4 is 4.74 Å². The lowest BCUT2D eigenvalue weighted by Gasteiger charge is -2.09. The number of nitriles is 1. The molecule has 5 heteroatoms. The summed E-state index contributed by atoms with van der Waals surface area (Å²) in [4.78, 5) is 0. The van der Waals surface area contributed by atoms with Crippen molar-refractivity contribution in [3.63, 3.8) is 0 Å². The number of hydrogen-bond donors (Lipinski definition) is 0. The van der Waals surface area contributed by atoms with E-state index >= 15 is 0 Å². The molecule has 0 N–H and O–H groups in total. The molecule has 2 aromatic carbocycles. The van der Waals surface area contributed by atoms with Gasteiger partial charge in [-0.25, -0.2) is 8.78 Å². The molecule has 0 unspecified atom stereocenters. The number of ether oxygens (including phenoxy) is 1. The maximum atomic E-state index is 13.5. The van der Waals surface area contributed by atoms with E-state index in [0.29, 0.717) is 5.56 Å². The summed E-state index contributed by atoms with van der Waals surface area (Å²) in [5.74, 6) is -1.28. The number of para-hydroxylation sites is 1. The highest BCUT2D eigenvalue weighted by molar-refractivity contribution is 6.32. The van der Waals surface area contributed by atoms with E-state index in [9.17, 15) is 8.78 Å². The minimum absolute atomic E-state index is 0.108. The third-order valence-electron chi connectivity index (χ3n) is 2.47. The van der Waals surface area contributed by atoms with Gasteiger partial charge in [0.05, 0.1) is 16.7 Å². The van der Waals surface area contributed by atoms with Gasteiger partial charge in [-0.2, -0.15) is 5.26 Å². The summed E-state index contributed by atoms with van der Waals surface area (Å²) < 4.78 is 32.1. The van der Waals surface area contributed by atoms with Crippen LogP contribution in [-0.2, 0) is 6.61 Å². The third kappa shape index (κ3) is 3.01. The third-order valence-corrected chi connectivity index (χ3v) is 2.76. The standard InChI is InChI=1S/C14H8ClF2NO/c15-11-2-1-3-13(17)14(11)19-8-10-6-9(7-18)4-5-12(10)16/h1-6H,8H2. The predicted molar refractivity (Wildman–Crippen MR) is 66.9 cm³/mol. The number of rotatable bonds is 3. The van der Waals surface area contributed by atoms with Crippen LogP contribution in [-0.4, -0.2) is 0 Å². The Morgan fingerprint density at radius 2 is 1.95 bits per heavy atom. The van der Waals surface area contributed by atoms with Gasteiger partial charge in [-0.15, -0.1) is 0 Å². The minimum Gasteiger partial charge on any atom is -0.484 e. The molecule has 2 nitrogen and oxygen atoms in total. The maximum Gasteiger partial charge on any atom is 0.174 e. The number of halogens is 3. The summed E-state index contributed by atoms with van der Waals surface area (Å²) in [5.41, 5.74) is 0.470. The van der Waals surface area contributed by atoms with E-state index in [0.717, 1.165) is 0 Å². The molecule has 2 aromatic rings. The summed E-state index contributed by atoms with van der Waals surface area (Å²) in [7, 11) is 0. The lowest BCUT2D eigenvalue weighted by Crippen LogP contribution is -2.01. The van der Waals surface area contributed by atoms with Crippen molar-refractivity contribution < 1.29 is 13.5 Å². The van der Waals surface area contributed by atoms with Crippen LogP contribution in [0, 0.1) is 23.0 Å². The van der Waals surface area contributed by atoms with E-state index in [1.165, 1.54) is 36.4 Å². The van der Waals surface area contributed by atoms with E-state index in [1.807, 2.05) is 6.07 Å². The van der Waals surface area contributed by atoms with Gasteiger partial charge in [0, 0.05) is 5.56 Å². The molecule has 19 heavy (non-hydrogen) atoms. The molecule has 0 aliphatic rings. The van der Waals surface area contributed by atoms with Crippen LogP contribution >= 0.6 is 11.6 Å². The average molecular weight is 280 g/mol. The fraction of sp³-hybridized carbons (Fsp3) is 0.0714. The van der Waals surface area contributed by atoms with Crippen LogP contribution in [0.2, 0.25) is 5.02 Å². The fourth-order valence-corrected chi connectivity index (χ4v) is 1.74. The van der Waals surface area contributed by atoms with E-state index < -0.39 is 11.6 Å². The first-order valence-corrected chi connectivity index (χ1v) is 5.75. The van der Waals surface area contributed by atoms with Gasteiger partial charge in [-0.3, -0.25) is 0 Å². The van der Waals surface area contributed by atoms with Crippen molar-refractivity contribution in [1.82, 2.24) is 0 Å². The van der Waals surface area contributed by atoms with Crippen LogP contribution in [0.3, 0.4) is 0 Å². The van der Waals surface area contributed by atoms with Crippen molar-refractivity contribution in [2.75, 3.05) is 0 Å². The first-order chi connectivity index (χ1) is 9.11. The lowest BCUT2D eigenvalue weighted by atomic mass is 10.1. The Bertz CT molecular complexity index is 632. The van der Waals surface area contributed by atoms with Gasteiger partial charge < -0.3 is 4.74 Å². The van der Waals surface area contributed by atoms with E-state index in [4.69, 9.17) is 21.6 Å². The molecule has 0 radical (unpaired) electrons. The molecular formula is C14H8ClF2NO.